The third-order valence-electron chi connectivity index (χ3n) is 5.13. The fourth-order valence-corrected chi connectivity index (χ4v) is 3.85. The van der Waals surface area contributed by atoms with Gasteiger partial charge in [0.25, 0.3) is 5.91 Å². The van der Waals surface area contributed by atoms with Crippen LogP contribution in [0.2, 0.25) is 0 Å². The highest BCUT2D eigenvalue weighted by molar-refractivity contribution is 5.94. The molecule has 3 rings (SSSR count). The summed E-state index contributed by atoms with van der Waals surface area (Å²) >= 11 is 0. The van der Waals surface area contributed by atoms with Gasteiger partial charge in [-0.15, -0.1) is 0 Å². The summed E-state index contributed by atoms with van der Waals surface area (Å²) in [6.07, 6.45) is 7.41. The van der Waals surface area contributed by atoms with Gasteiger partial charge in [0.2, 0.25) is 0 Å². The lowest BCUT2D eigenvalue weighted by molar-refractivity contribution is 0.0588. The Morgan fingerprint density at radius 1 is 1.14 bits per heavy atom. The molecule has 1 amide bonds. The van der Waals surface area contributed by atoms with Gasteiger partial charge < -0.3 is 9.80 Å². The van der Waals surface area contributed by atoms with Crippen molar-refractivity contribution in [2.24, 2.45) is 0 Å². The fourth-order valence-electron chi connectivity index (χ4n) is 3.85. The van der Waals surface area contributed by atoms with Crippen molar-refractivity contribution < 1.29 is 4.79 Å². The van der Waals surface area contributed by atoms with Gasteiger partial charge in [-0.3, -0.25) is 4.79 Å². The molecule has 2 fully saturated rings. The van der Waals surface area contributed by atoms with Gasteiger partial charge in [0.05, 0.1) is 0 Å². The number of hydrogen-bond acceptors (Lipinski definition) is 2. The number of aryl methyl sites for hydroxylation is 1. The molecule has 1 aromatic carbocycles. The van der Waals surface area contributed by atoms with E-state index in [1.807, 2.05) is 18.2 Å². The van der Waals surface area contributed by atoms with Crippen LogP contribution in [-0.4, -0.2) is 47.9 Å². The van der Waals surface area contributed by atoms with Crippen LogP contribution in [0.1, 0.15) is 54.4 Å². The molecule has 1 unspecified atom stereocenters. The normalized spacial score (nSPS) is 23.0. The molecule has 2 saturated heterocycles. The van der Waals surface area contributed by atoms with Crippen LogP contribution >= 0.6 is 0 Å². The first-order valence-electron chi connectivity index (χ1n) is 8.84. The molecule has 2 heterocycles. The molecule has 1 aromatic rings. The monoisotopic (exact) mass is 300 g/mol. The van der Waals surface area contributed by atoms with Gasteiger partial charge in [-0.2, -0.15) is 0 Å². The zero-order chi connectivity index (χ0) is 15.4. The predicted molar refractivity (Wildman–Crippen MR) is 90.1 cm³/mol. The number of carbonyl (C=O) groups excluding carboxylic acids is 1. The van der Waals surface area contributed by atoms with Crippen LogP contribution in [0, 0.1) is 6.92 Å². The quantitative estimate of drug-likeness (QED) is 0.850. The Morgan fingerprint density at radius 3 is 2.68 bits per heavy atom. The minimum absolute atomic E-state index is 0.231. The topological polar surface area (TPSA) is 23.6 Å². The van der Waals surface area contributed by atoms with Crippen molar-refractivity contribution in [2.75, 3.05) is 26.2 Å². The van der Waals surface area contributed by atoms with Crippen LogP contribution < -0.4 is 0 Å². The van der Waals surface area contributed by atoms with Gasteiger partial charge in [-0.25, -0.2) is 0 Å². The lowest BCUT2D eigenvalue weighted by Gasteiger charge is -2.36. The maximum Gasteiger partial charge on any atom is 0.254 e. The Morgan fingerprint density at radius 2 is 1.91 bits per heavy atom. The molecule has 2 aliphatic heterocycles. The second-order valence-corrected chi connectivity index (χ2v) is 6.86. The standard InChI is InChI=1S/C19H28N2O/c1-16-7-6-8-17(15-16)19(22)21-13-3-2-9-18(21)10-14-20-11-4-5-12-20/h6-8,15,18H,2-5,9-14H2,1H3. The molecule has 3 nitrogen and oxygen atoms in total. The highest BCUT2D eigenvalue weighted by atomic mass is 16.2. The Bertz CT molecular complexity index is 508. The van der Waals surface area contributed by atoms with E-state index >= 15 is 0 Å². The molecule has 1 atom stereocenters. The molecule has 0 radical (unpaired) electrons. The van der Waals surface area contributed by atoms with E-state index in [-0.39, 0.29) is 5.91 Å². The van der Waals surface area contributed by atoms with Crippen LogP contribution in [0.5, 0.6) is 0 Å². The van der Waals surface area contributed by atoms with E-state index in [0.717, 1.165) is 37.1 Å². The minimum atomic E-state index is 0.231. The van der Waals surface area contributed by atoms with Gasteiger partial charge in [-0.05, 0) is 70.7 Å². The number of nitrogens with zero attached hydrogens (tertiary/aromatic N) is 2. The van der Waals surface area contributed by atoms with E-state index in [2.05, 4.69) is 22.8 Å². The molecule has 0 saturated carbocycles. The Hall–Kier alpha value is -1.35. The molecule has 3 heteroatoms. The first kappa shape index (κ1) is 15.5. The zero-order valence-electron chi connectivity index (χ0n) is 13.8. The van der Waals surface area contributed by atoms with Gasteiger partial charge in [0, 0.05) is 24.7 Å². The van der Waals surface area contributed by atoms with Crippen molar-refractivity contribution in [2.45, 2.75) is 51.5 Å². The van der Waals surface area contributed by atoms with E-state index in [9.17, 15) is 4.79 Å². The highest BCUT2D eigenvalue weighted by Gasteiger charge is 2.28. The molecule has 22 heavy (non-hydrogen) atoms. The van der Waals surface area contributed by atoms with Crippen LogP contribution in [0.25, 0.3) is 0 Å². The lowest BCUT2D eigenvalue weighted by atomic mass is 9.97. The number of likely N-dealkylation sites (tertiary alicyclic amines) is 2. The van der Waals surface area contributed by atoms with Gasteiger partial charge >= 0.3 is 0 Å². The summed E-state index contributed by atoms with van der Waals surface area (Å²) in [6.45, 7) is 6.63. The molecule has 0 N–H and O–H groups in total. The number of piperidine rings is 1. The van der Waals surface area contributed by atoms with Gasteiger partial charge in [0.15, 0.2) is 0 Å². The highest BCUT2D eigenvalue weighted by Crippen LogP contribution is 2.23. The molecule has 120 valence electrons. The van der Waals surface area contributed by atoms with E-state index < -0.39 is 0 Å². The molecule has 0 aromatic heterocycles. The molecular formula is C19H28N2O. The summed E-state index contributed by atoms with van der Waals surface area (Å²) in [4.78, 5) is 17.6. The summed E-state index contributed by atoms with van der Waals surface area (Å²) in [5.74, 6) is 0.231. The predicted octanol–water partition coefficient (Wildman–Crippen LogP) is 3.48. The van der Waals surface area contributed by atoms with E-state index in [1.165, 1.54) is 38.8 Å². The fraction of sp³-hybridized carbons (Fsp3) is 0.632. The van der Waals surface area contributed by atoms with Crippen LogP contribution in [-0.2, 0) is 0 Å². The second-order valence-electron chi connectivity index (χ2n) is 6.86. The van der Waals surface area contributed by atoms with Gasteiger partial charge in [0.1, 0.15) is 0 Å². The number of amides is 1. The summed E-state index contributed by atoms with van der Waals surface area (Å²) in [5.41, 5.74) is 2.02. The summed E-state index contributed by atoms with van der Waals surface area (Å²) in [7, 11) is 0. The number of benzene rings is 1. The van der Waals surface area contributed by atoms with Crippen molar-refractivity contribution in [3.63, 3.8) is 0 Å². The molecular weight excluding hydrogens is 272 g/mol. The number of rotatable bonds is 4. The van der Waals surface area contributed by atoms with E-state index in [1.54, 1.807) is 0 Å². The van der Waals surface area contributed by atoms with Crippen LogP contribution in [0.4, 0.5) is 0 Å². The largest absolute Gasteiger partial charge is 0.336 e. The van der Waals surface area contributed by atoms with Crippen molar-refractivity contribution in [3.8, 4) is 0 Å². The third kappa shape index (κ3) is 3.70. The van der Waals surface area contributed by atoms with Crippen molar-refractivity contribution in [3.05, 3.63) is 35.4 Å². The average Bonchev–Trinajstić information content (AvgIpc) is 3.06. The first-order chi connectivity index (χ1) is 10.7. The minimum Gasteiger partial charge on any atom is -0.336 e. The second kappa shape index (κ2) is 7.28. The Kier molecular flexibility index (Phi) is 5.14. The van der Waals surface area contributed by atoms with Crippen LogP contribution in [0.3, 0.4) is 0 Å². The van der Waals surface area contributed by atoms with Crippen molar-refractivity contribution in [1.29, 1.82) is 0 Å². The summed E-state index contributed by atoms with van der Waals surface area (Å²) in [6, 6.07) is 8.46. The third-order valence-corrected chi connectivity index (χ3v) is 5.13. The Balaban J connectivity index is 1.64. The smallest absolute Gasteiger partial charge is 0.254 e. The average molecular weight is 300 g/mol. The van der Waals surface area contributed by atoms with E-state index in [0.29, 0.717) is 6.04 Å². The van der Waals surface area contributed by atoms with Crippen molar-refractivity contribution in [1.82, 2.24) is 9.80 Å². The SMILES string of the molecule is Cc1cccc(C(=O)N2CCCCC2CCN2CCCC2)c1. The Labute approximate surface area is 134 Å². The lowest BCUT2D eigenvalue weighted by Crippen LogP contribution is -2.45. The van der Waals surface area contributed by atoms with Crippen LogP contribution in [0.15, 0.2) is 24.3 Å². The number of hydrogen-bond donors (Lipinski definition) is 0. The number of carbonyl (C=O) groups is 1. The maximum atomic E-state index is 12.9. The summed E-state index contributed by atoms with van der Waals surface area (Å²) in [5, 5.41) is 0. The molecule has 2 aliphatic rings. The zero-order valence-corrected chi connectivity index (χ0v) is 13.8. The van der Waals surface area contributed by atoms with Gasteiger partial charge in [-0.1, -0.05) is 17.7 Å². The molecule has 0 aliphatic carbocycles. The van der Waals surface area contributed by atoms with E-state index in [4.69, 9.17) is 0 Å². The molecule has 0 spiro atoms. The van der Waals surface area contributed by atoms with Crippen molar-refractivity contribution >= 4 is 5.91 Å². The maximum absolute atomic E-state index is 12.9. The summed E-state index contributed by atoms with van der Waals surface area (Å²) < 4.78 is 0. The molecule has 0 bridgehead atoms. The first-order valence-corrected chi connectivity index (χ1v) is 8.84.